The predicted molar refractivity (Wildman–Crippen MR) is 86.6 cm³/mol. The molecule has 20 heavy (non-hydrogen) atoms. The van der Waals surface area contributed by atoms with E-state index in [9.17, 15) is 0 Å². The molecule has 1 N–H and O–H groups in total. The first-order valence-corrected chi connectivity index (χ1v) is 7.47. The highest BCUT2D eigenvalue weighted by molar-refractivity contribution is 7.74. The van der Waals surface area contributed by atoms with Crippen molar-refractivity contribution in [2.45, 2.75) is 0 Å². The highest BCUT2D eigenvalue weighted by atomic mass is 32.1. The summed E-state index contributed by atoms with van der Waals surface area (Å²) < 4.78 is 9.34. The standard InChI is InChI=1S/C13H11N3OS3/c1-16-11-9(20-13(16)19)12(18)15-10(14-11)7-3-5-8(17-2)6-4-7/h3-6H,1-2H3,(H,14,15,18). The Morgan fingerprint density at radius 1 is 1.25 bits per heavy atom. The van der Waals surface area contributed by atoms with Crippen LogP contribution < -0.4 is 4.74 Å². The fourth-order valence-corrected chi connectivity index (χ4v) is 3.39. The van der Waals surface area contributed by atoms with Gasteiger partial charge in [-0.2, -0.15) is 0 Å². The molecule has 0 amide bonds. The number of methoxy groups -OCH3 is 1. The van der Waals surface area contributed by atoms with E-state index in [0.717, 1.165) is 31.4 Å². The maximum Gasteiger partial charge on any atom is 0.163 e. The number of H-pyrrole nitrogens is 1. The van der Waals surface area contributed by atoms with Crippen molar-refractivity contribution in [3.05, 3.63) is 32.9 Å². The topological polar surface area (TPSA) is 42.8 Å². The SMILES string of the molecule is COc1ccc(-c2nc(=S)c3sc(=S)n(C)c3[nH]2)cc1. The maximum absolute atomic E-state index is 5.36. The number of hydrogen-bond donors (Lipinski definition) is 1. The molecule has 102 valence electrons. The molecule has 0 unspecified atom stereocenters. The van der Waals surface area contributed by atoms with E-state index >= 15 is 0 Å². The molecule has 0 atom stereocenters. The van der Waals surface area contributed by atoms with E-state index in [1.807, 2.05) is 35.9 Å². The number of aromatic amines is 1. The van der Waals surface area contributed by atoms with Crippen LogP contribution >= 0.6 is 35.8 Å². The first kappa shape index (κ1) is 13.4. The van der Waals surface area contributed by atoms with Gasteiger partial charge in [0.05, 0.1) is 7.11 Å². The minimum Gasteiger partial charge on any atom is -0.497 e. The molecule has 2 aromatic heterocycles. The Bertz CT molecular complexity index is 890. The minimum absolute atomic E-state index is 0.571. The van der Waals surface area contributed by atoms with Gasteiger partial charge in [0, 0.05) is 12.6 Å². The van der Waals surface area contributed by atoms with E-state index in [-0.39, 0.29) is 0 Å². The number of ether oxygens (including phenoxy) is 1. The number of benzene rings is 1. The molecule has 2 heterocycles. The molecule has 1 aromatic carbocycles. The van der Waals surface area contributed by atoms with Gasteiger partial charge < -0.3 is 14.3 Å². The lowest BCUT2D eigenvalue weighted by molar-refractivity contribution is 0.415. The smallest absolute Gasteiger partial charge is 0.163 e. The van der Waals surface area contributed by atoms with Gasteiger partial charge in [-0.1, -0.05) is 23.6 Å². The Morgan fingerprint density at radius 2 is 1.95 bits per heavy atom. The monoisotopic (exact) mass is 321 g/mol. The first-order chi connectivity index (χ1) is 9.60. The third-order valence-electron chi connectivity index (χ3n) is 3.02. The molecule has 7 heteroatoms. The molecule has 0 saturated carbocycles. The first-order valence-electron chi connectivity index (χ1n) is 5.84. The molecule has 0 aliphatic carbocycles. The zero-order valence-electron chi connectivity index (χ0n) is 10.8. The second-order valence-electron chi connectivity index (χ2n) is 4.22. The van der Waals surface area contributed by atoms with Gasteiger partial charge in [-0.05, 0) is 36.5 Å². The lowest BCUT2D eigenvalue weighted by Gasteiger charge is -2.04. The van der Waals surface area contributed by atoms with Crippen molar-refractivity contribution >= 4 is 46.1 Å². The average Bonchev–Trinajstić information content (AvgIpc) is 2.76. The van der Waals surface area contributed by atoms with Crippen LogP contribution in [0.4, 0.5) is 0 Å². The van der Waals surface area contributed by atoms with Gasteiger partial charge in [0.15, 0.2) is 3.95 Å². The second kappa shape index (κ2) is 5.08. The number of aromatic nitrogens is 3. The van der Waals surface area contributed by atoms with Gasteiger partial charge in [0.2, 0.25) is 0 Å². The minimum atomic E-state index is 0.571. The lowest BCUT2D eigenvalue weighted by Crippen LogP contribution is -1.95. The third kappa shape index (κ3) is 2.17. The van der Waals surface area contributed by atoms with Crippen molar-refractivity contribution in [2.75, 3.05) is 7.11 Å². The lowest BCUT2D eigenvalue weighted by atomic mass is 10.2. The van der Waals surface area contributed by atoms with Crippen LogP contribution in [0.25, 0.3) is 21.7 Å². The van der Waals surface area contributed by atoms with Crippen LogP contribution in [0.15, 0.2) is 24.3 Å². The van der Waals surface area contributed by atoms with Crippen LogP contribution in [0.2, 0.25) is 0 Å². The molecule has 4 nitrogen and oxygen atoms in total. The molecule has 3 rings (SSSR count). The third-order valence-corrected chi connectivity index (χ3v) is 5.01. The summed E-state index contributed by atoms with van der Waals surface area (Å²) in [7, 11) is 3.56. The number of aryl methyl sites for hydroxylation is 1. The van der Waals surface area contributed by atoms with E-state index in [2.05, 4.69) is 9.97 Å². The largest absolute Gasteiger partial charge is 0.497 e. The van der Waals surface area contributed by atoms with E-state index in [1.165, 1.54) is 11.3 Å². The predicted octanol–water partition coefficient (Wildman–Crippen LogP) is 4.10. The van der Waals surface area contributed by atoms with Crippen molar-refractivity contribution < 1.29 is 4.74 Å². The van der Waals surface area contributed by atoms with Crippen LogP contribution in [0, 0.1) is 8.59 Å². The number of rotatable bonds is 2. The summed E-state index contributed by atoms with van der Waals surface area (Å²) in [4.78, 5) is 7.75. The van der Waals surface area contributed by atoms with Crippen LogP contribution in [0.5, 0.6) is 5.75 Å². The van der Waals surface area contributed by atoms with Gasteiger partial charge in [0.25, 0.3) is 0 Å². The summed E-state index contributed by atoms with van der Waals surface area (Å²) in [5, 5.41) is 0. The number of nitrogens with zero attached hydrogens (tertiary/aromatic N) is 2. The molecular weight excluding hydrogens is 310 g/mol. The fraction of sp³-hybridized carbons (Fsp3) is 0.154. The van der Waals surface area contributed by atoms with Crippen molar-refractivity contribution in [3.8, 4) is 17.1 Å². The molecule has 3 aromatic rings. The van der Waals surface area contributed by atoms with Gasteiger partial charge >= 0.3 is 0 Å². The molecule has 0 fully saturated rings. The van der Waals surface area contributed by atoms with Crippen LogP contribution in [0.1, 0.15) is 0 Å². The van der Waals surface area contributed by atoms with E-state index in [4.69, 9.17) is 29.2 Å². The summed E-state index contributed by atoms with van der Waals surface area (Å²) in [5.74, 6) is 1.54. The molecule has 0 aliphatic heterocycles. The zero-order chi connectivity index (χ0) is 14.3. The molecule has 0 saturated heterocycles. The van der Waals surface area contributed by atoms with Gasteiger partial charge in [-0.3, -0.25) is 0 Å². The molecular formula is C13H11N3OS3. The highest BCUT2D eigenvalue weighted by Crippen LogP contribution is 2.25. The Hall–Kier alpha value is -1.57. The summed E-state index contributed by atoms with van der Waals surface area (Å²) in [6.07, 6.45) is 0. The van der Waals surface area contributed by atoms with E-state index in [0.29, 0.717) is 4.64 Å². The Balaban J connectivity index is 2.23. The van der Waals surface area contributed by atoms with Gasteiger partial charge in [0.1, 0.15) is 26.6 Å². The van der Waals surface area contributed by atoms with E-state index < -0.39 is 0 Å². The van der Waals surface area contributed by atoms with Gasteiger partial charge in [-0.15, -0.1) is 0 Å². The highest BCUT2D eigenvalue weighted by Gasteiger charge is 2.08. The van der Waals surface area contributed by atoms with Crippen molar-refractivity contribution in [3.63, 3.8) is 0 Å². The van der Waals surface area contributed by atoms with Crippen molar-refractivity contribution in [2.24, 2.45) is 7.05 Å². The number of hydrogen-bond acceptors (Lipinski definition) is 5. The summed E-state index contributed by atoms with van der Waals surface area (Å²) >= 11 is 12.1. The quantitative estimate of drug-likeness (QED) is 0.722. The Morgan fingerprint density at radius 3 is 2.60 bits per heavy atom. The van der Waals surface area contributed by atoms with Crippen LogP contribution in [0.3, 0.4) is 0 Å². The Labute approximate surface area is 129 Å². The average molecular weight is 321 g/mol. The maximum atomic E-state index is 5.36. The van der Waals surface area contributed by atoms with Gasteiger partial charge in [-0.25, -0.2) is 4.98 Å². The normalized spacial score (nSPS) is 10.9. The molecule has 0 spiro atoms. The summed E-state index contributed by atoms with van der Waals surface area (Å²) in [6.45, 7) is 0. The van der Waals surface area contributed by atoms with Crippen molar-refractivity contribution in [1.82, 2.24) is 14.5 Å². The molecule has 0 radical (unpaired) electrons. The van der Waals surface area contributed by atoms with E-state index in [1.54, 1.807) is 7.11 Å². The zero-order valence-corrected chi connectivity index (χ0v) is 13.3. The van der Waals surface area contributed by atoms with Crippen molar-refractivity contribution in [1.29, 1.82) is 0 Å². The number of thiazole rings is 1. The number of fused-ring (bicyclic) bond motifs is 1. The molecule has 0 bridgehead atoms. The second-order valence-corrected chi connectivity index (χ2v) is 6.25. The summed E-state index contributed by atoms with van der Waals surface area (Å²) in [6, 6.07) is 7.67. The van der Waals surface area contributed by atoms with Crippen LogP contribution in [-0.2, 0) is 7.05 Å². The summed E-state index contributed by atoms with van der Waals surface area (Å²) in [5.41, 5.74) is 1.86. The Kier molecular flexibility index (Phi) is 3.41. The van der Waals surface area contributed by atoms with Crippen LogP contribution in [-0.4, -0.2) is 21.6 Å². The fourth-order valence-electron chi connectivity index (χ4n) is 1.91. The number of nitrogens with one attached hydrogen (secondary N) is 1. The molecule has 0 aliphatic rings.